The second-order valence-corrected chi connectivity index (χ2v) is 6.38. The Bertz CT molecular complexity index is 751. The summed E-state index contributed by atoms with van der Waals surface area (Å²) in [5, 5.41) is 15.0. The highest BCUT2D eigenvalue weighted by Gasteiger charge is 2.12. The Morgan fingerprint density at radius 3 is 2.92 bits per heavy atom. The fourth-order valence-electron chi connectivity index (χ4n) is 1.94. The number of thioether (sulfide) groups is 1. The molecule has 0 spiro atoms. The number of hydrogen-bond acceptors (Lipinski definition) is 6. The van der Waals surface area contributed by atoms with E-state index in [2.05, 4.69) is 15.5 Å². The first-order valence-corrected chi connectivity index (χ1v) is 8.76. The van der Waals surface area contributed by atoms with Crippen molar-refractivity contribution in [3.8, 4) is 11.4 Å². The highest BCUT2D eigenvalue weighted by Crippen LogP contribution is 2.19. The van der Waals surface area contributed by atoms with Crippen LogP contribution in [0.25, 0.3) is 11.4 Å². The van der Waals surface area contributed by atoms with Gasteiger partial charge in [-0.3, -0.25) is 9.59 Å². The molecule has 0 fully saturated rings. The molecular formula is C16H18FN3O4S. The first-order chi connectivity index (χ1) is 12.0. The third-order valence-electron chi connectivity index (χ3n) is 3.26. The molecule has 1 aromatic carbocycles. The van der Waals surface area contributed by atoms with Crippen molar-refractivity contribution in [3.63, 3.8) is 0 Å². The average molecular weight is 367 g/mol. The molecule has 7 nitrogen and oxygen atoms in total. The van der Waals surface area contributed by atoms with Crippen molar-refractivity contribution in [3.05, 3.63) is 35.5 Å². The van der Waals surface area contributed by atoms with Crippen molar-refractivity contribution in [2.24, 2.45) is 0 Å². The van der Waals surface area contributed by atoms with Gasteiger partial charge in [-0.2, -0.15) is 4.98 Å². The second kappa shape index (κ2) is 9.16. The molecule has 2 N–H and O–H groups in total. The number of benzene rings is 1. The van der Waals surface area contributed by atoms with E-state index in [0.717, 1.165) is 0 Å². The summed E-state index contributed by atoms with van der Waals surface area (Å²) in [7, 11) is 0. The van der Waals surface area contributed by atoms with Crippen LogP contribution in [0.4, 0.5) is 4.39 Å². The Hall–Kier alpha value is -2.42. The van der Waals surface area contributed by atoms with E-state index in [0.29, 0.717) is 29.3 Å². The van der Waals surface area contributed by atoms with Crippen molar-refractivity contribution < 1.29 is 23.6 Å². The molecule has 2 rings (SSSR count). The summed E-state index contributed by atoms with van der Waals surface area (Å²) in [6, 6.07) is 4.68. The molecule has 2 aromatic rings. The van der Waals surface area contributed by atoms with Gasteiger partial charge in [-0.25, -0.2) is 4.39 Å². The second-order valence-electron chi connectivity index (χ2n) is 5.27. The molecule has 134 valence electrons. The van der Waals surface area contributed by atoms with Gasteiger partial charge in [0.1, 0.15) is 5.82 Å². The Morgan fingerprint density at radius 2 is 2.20 bits per heavy atom. The highest BCUT2D eigenvalue weighted by molar-refractivity contribution is 7.99. The minimum absolute atomic E-state index is 0.0141. The molecule has 0 unspecified atom stereocenters. The molecule has 0 aliphatic rings. The lowest BCUT2D eigenvalue weighted by Crippen LogP contribution is -2.26. The van der Waals surface area contributed by atoms with Crippen molar-refractivity contribution in [2.45, 2.75) is 19.8 Å². The summed E-state index contributed by atoms with van der Waals surface area (Å²) in [4.78, 5) is 26.2. The van der Waals surface area contributed by atoms with Crippen LogP contribution < -0.4 is 5.32 Å². The Morgan fingerprint density at radius 1 is 1.40 bits per heavy atom. The normalized spacial score (nSPS) is 10.6. The SMILES string of the molecule is Cc1ccc(-c2noc(CCC(=O)NCCSCC(=O)O)n2)cc1F. The first-order valence-electron chi connectivity index (χ1n) is 7.61. The predicted molar refractivity (Wildman–Crippen MR) is 90.7 cm³/mol. The smallest absolute Gasteiger partial charge is 0.313 e. The van der Waals surface area contributed by atoms with Gasteiger partial charge in [-0.05, 0) is 18.6 Å². The number of carboxylic acid groups (broad SMARTS) is 1. The topological polar surface area (TPSA) is 105 Å². The van der Waals surface area contributed by atoms with Crippen molar-refractivity contribution in [2.75, 3.05) is 18.1 Å². The number of carboxylic acids is 1. The molecule has 0 saturated heterocycles. The molecule has 0 aliphatic heterocycles. The summed E-state index contributed by atoms with van der Waals surface area (Å²) < 4.78 is 18.6. The van der Waals surface area contributed by atoms with E-state index >= 15 is 0 Å². The molecular weight excluding hydrogens is 349 g/mol. The number of carbonyl (C=O) groups is 2. The van der Waals surface area contributed by atoms with Crippen molar-refractivity contribution in [1.82, 2.24) is 15.5 Å². The molecule has 9 heteroatoms. The number of carbonyl (C=O) groups excluding carboxylic acids is 1. The van der Waals surface area contributed by atoms with Crippen LogP contribution in [0.5, 0.6) is 0 Å². The number of aryl methyl sites for hydroxylation is 2. The largest absolute Gasteiger partial charge is 0.481 e. The van der Waals surface area contributed by atoms with E-state index in [1.165, 1.54) is 17.8 Å². The number of hydrogen-bond donors (Lipinski definition) is 2. The maximum Gasteiger partial charge on any atom is 0.313 e. The predicted octanol–water partition coefficient (Wildman–Crippen LogP) is 2.05. The number of aliphatic carboxylic acids is 1. The van der Waals surface area contributed by atoms with Crippen LogP contribution in [-0.2, 0) is 16.0 Å². The van der Waals surface area contributed by atoms with Crippen LogP contribution in [0.15, 0.2) is 22.7 Å². The van der Waals surface area contributed by atoms with Gasteiger partial charge in [0.2, 0.25) is 17.6 Å². The summed E-state index contributed by atoms with van der Waals surface area (Å²) in [6.07, 6.45) is 0.447. The Kier molecular flexibility index (Phi) is 6.93. The van der Waals surface area contributed by atoms with Gasteiger partial charge < -0.3 is 14.9 Å². The van der Waals surface area contributed by atoms with E-state index in [-0.39, 0.29) is 36.1 Å². The van der Waals surface area contributed by atoms with Crippen LogP contribution in [0.1, 0.15) is 17.9 Å². The van der Waals surface area contributed by atoms with Gasteiger partial charge >= 0.3 is 5.97 Å². The van der Waals surface area contributed by atoms with Gasteiger partial charge in [0.25, 0.3) is 0 Å². The quantitative estimate of drug-likeness (QED) is 0.654. The molecule has 25 heavy (non-hydrogen) atoms. The maximum atomic E-state index is 13.6. The molecule has 1 amide bonds. The number of halogens is 1. The van der Waals surface area contributed by atoms with Crippen LogP contribution in [0, 0.1) is 12.7 Å². The summed E-state index contributed by atoms with van der Waals surface area (Å²) in [5.74, 6) is -0.286. The third kappa shape index (κ3) is 6.18. The fraction of sp³-hybridized carbons (Fsp3) is 0.375. The van der Waals surface area contributed by atoms with E-state index < -0.39 is 5.97 Å². The average Bonchev–Trinajstić information content (AvgIpc) is 3.04. The first kappa shape index (κ1) is 18.9. The lowest BCUT2D eigenvalue weighted by Gasteiger charge is -2.02. The van der Waals surface area contributed by atoms with Crippen molar-refractivity contribution >= 4 is 23.6 Å². The van der Waals surface area contributed by atoms with Crippen LogP contribution in [0.2, 0.25) is 0 Å². The molecule has 0 radical (unpaired) electrons. The van der Waals surface area contributed by atoms with E-state index in [1.807, 2.05) is 0 Å². The van der Waals surface area contributed by atoms with Crippen LogP contribution in [0.3, 0.4) is 0 Å². The standard InChI is InChI=1S/C16H18FN3O4S/c1-10-2-3-11(8-12(10)17)16-19-14(24-20-16)5-4-13(21)18-6-7-25-9-15(22)23/h2-3,8H,4-7,9H2,1H3,(H,18,21)(H,22,23). The zero-order valence-electron chi connectivity index (χ0n) is 13.6. The van der Waals surface area contributed by atoms with E-state index in [9.17, 15) is 14.0 Å². The summed E-state index contributed by atoms with van der Waals surface area (Å²) in [6.45, 7) is 2.06. The number of nitrogens with one attached hydrogen (secondary N) is 1. The number of rotatable bonds is 9. The van der Waals surface area contributed by atoms with Gasteiger partial charge in [0.15, 0.2) is 0 Å². The van der Waals surface area contributed by atoms with Gasteiger partial charge in [-0.15, -0.1) is 11.8 Å². The number of nitrogens with zero attached hydrogens (tertiary/aromatic N) is 2. The van der Waals surface area contributed by atoms with Gasteiger partial charge in [0, 0.05) is 30.7 Å². The van der Waals surface area contributed by atoms with Gasteiger partial charge in [0.05, 0.1) is 5.75 Å². The Labute approximate surface area is 148 Å². The Balaban J connectivity index is 1.76. The fourth-order valence-corrected chi connectivity index (χ4v) is 2.50. The lowest BCUT2D eigenvalue weighted by molar-refractivity contribution is -0.133. The molecule has 0 saturated carbocycles. The zero-order valence-corrected chi connectivity index (χ0v) is 14.4. The molecule has 1 heterocycles. The monoisotopic (exact) mass is 367 g/mol. The van der Waals surface area contributed by atoms with E-state index in [1.54, 1.807) is 19.1 Å². The molecule has 0 bridgehead atoms. The van der Waals surface area contributed by atoms with E-state index in [4.69, 9.17) is 9.63 Å². The lowest BCUT2D eigenvalue weighted by atomic mass is 10.1. The molecule has 0 aliphatic carbocycles. The maximum absolute atomic E-state index is 13.6. The summed E-state index contributed by atoms with van der Waals surface area (Å²) in [5.41, 5.74) is 1.05. The third-order valence-corrected chi connectivity index (χ3v) is 4.20. The number of amides is 1. The highest BCUT2D eigenvalue weighted by atomic mass is 32.2. The van der Waals surface area contributed by atoms with Crippen LogP contribution >= 0.6 is 11.8 Å². The van der Waals surface area contributed by atoms with Gasteiger partial charge in [-0.1, -0.05) is 17.3 Å². The number of aromatic nitrogens is 2. The minimum Gasteiger partial charge on any atom is -0.481 e. The zero-order chi connectivity index (χ0) is 18.2. The van der Waals surface area contributed by atoms with Crippen molar-refractivity contribution in [1.29, 1.82) is 0 Å². The minimum atomic E-state index is -0.878. The molecule has 0 atom stereocenters. The summed E-state index contributed by atoms with van der Waals surface area (Å²) >= 11 is 1.24. The molecule has 1 aromatic heterocycles. The van der Waals surface area contributed by atoms with Crippen LogP contribution in [-0.4, -0.2) is 45.2 Å².